The highest BCUT2D eigenvalue weighted by molar-refractivity contribution is 8.01. The van der Waals surface area contributed by atoms with Crippen molar-refractivity contribution in [3.05, 3.63) is 112 Å². The summed E-state index contributed by atoms with van der Waals surface area (Å²) in [6, 6.07) is 19.5. The van der Waals surface area contributed by atoms with E-state index in [0.29, 0.717) is 27.6 Å². The minimum absolute atomic E-state index is 0.0312. The number of carbonyl (C=O) groups excluding carboxylic acids is 2. The number of benzene rings is 4. The summed E-state index contributed by atoms with van der Waals surface area (Å²) in [4.78, 5) is 65.1. The molecule has 0 spiro atoms. The number of fused-ring (bicyclic) bond motifs is 3. The van der Waals surface area contributed by atoms with E-state index >= 15 is 0 Å². The second-order valence-electron chi connectivity index (χ2n) is 12.7. The van der Waals surface area contributed by atoms with Crippen molar-refractivity contribution in [1.29, 1.82) is 0 Å². The van der Waals surface area contributed by atoms with E-state index in [1.54, 1.807) is 74.5 Å². The van der Waals surface area contributed by atoms with Crippen LogP contribution in [0.15, 0.2) is 94.1 Å². The Balaban J connectivity index is 1.27. The molecular weight excluding hydrogens is 662 g/mol. The number of carbonyl (C=O) groups is 4. The van der Waals surface area contributed by atoms with Gasteiger partial charge in [-0.15, -0.1) is 11.8 Å². The molecule has 4 aliphatic rings. The molecule has 50 heavy (non-hydrogen) atoms. The van der Waals surface area contributed by atoms with E-state index in [0.717, 1.165) is 0 Å². The smallest absolute Gasteiger partial charge is 0.336 e. The van der Waals surface area contributed by atoms with Crippen LogP contribution in [0.25, 0.3) is 33.4 Å². The van der Waals surface area contributed by atoms with Gasteiger partial charge in [0.05, 0.1) is 11.1 Å². The predicted octanol–water partition coefficient (Wildman–Crippen LogP) is 4.43. The number of carboxylic acids is 2. The molecule has 3 heterocycles. The number of phenols is 1. The fourth-order valence-corrected chi connectivity index (χ4v) is 8.55. The molecule has 2 amide bonds. The zero-order chi connectivity index (χ0) is 35.5. The molecule has 13 heteroatoms. The van der Waals surface area contributed by atoms with E-state index in [2.05, 4.69) is 10.6 Å². The van der Waals surface area contributed by atoms with Crippen molar-refractivity contribution in [2.24, 2.45) is 0 Å². The van der Waals surface area contributed by atoms with Gasteiger partial charge in [0.1, 0.15) is 40.6 Å². The highest BCUT2D eigenvalue weighted by Gasteiger charge is 2.64. The molecule has 2 fully saturated rings. The van der Waals surface area contributed by atoms with Crippen LogP contribution in [0.1, 0.15) is 41.4 Å². The first-order valence-corrected chi connectivity index (χ1v) is 16.6. The summed E-state index contributed by atoms with van der Waals surface area (Å²) in [7, 11) is 0. The zero-order valence-electron chi connectivity index (χ0n) is 26.7. The van der Waals surface area contributed by atoms with Crippen LogP contribution >= 0.6 is 11.8 Å². The lowest BCUT2D eigenvalue weighted by atomic mass is 9.90. The van der Waals surface area contributed by atoms with Gasteiger partial charge in [-0.3, -0.25) is 19.7 Å². The lowest BCUT2D eigenvalue weighted by molar-refractivity contribution is -0.161. The van der Waals surface area contributed by atoms with E-state index in [1.807, 2.05) is 0 Å². The Morgan fingerprint density at radius 3 is 2.38 bits per heavy atom. The van der Waals surface area contributed by atoms with Crippen LogP contribution in [-0.2, 0) is 20.9 Å². The van der Waals surface area contributed by atoms with Crippen LogP contribution in [-0.4, -0.2) is 66.2 Å². The Labute approximate surface area is 289 Å². The van der Waals surface area contributed by atoms with Gasteiger partial charge in [-0.05, 0) is 55.3 Å². The number of carboxylic acid groups (broad SMARTS) is 2. The van der Waals surface area contributed by atoms with Gasteiger partial charge >= 0.3 is 11.9 Å². The molecule has 254 valence electrons. The molecule has 2 saturated heterocycles. The zero-order valence-corrected chi connectivity index (χ0v) is 27.6. The van der Waals surface area contributed by atoms with Crippen molar-refractivity contribution in [2.75, 3.05) is 0 Å². The summed E-state index contributed by atoms with van der Waals surface area (Å²) in [6.07, 6.45) is 0. The number of nitrogens with zero attached hydrogens (tertiary/aromatic N) is 1. The maximum absolute atomic E-state index is 13.9. The number of amides is 2. The maximum atomic E-state index is 13.9. The molecule has 7 rings (SSSR count). The van der Waals surface area contributed by atoms with E-state index < -0.39 is 52.0 Å². The van der Waals surface area contributed by atoms with Gasteiger partial charge < -0.3 is 30.0 Å². The average molecular weight is 694 g/mol. The van der Waals surface area contributed by atoms with Crippen molar-refractivity contribution < 1.29 is 38.9 Å². The number of hydrogen-bond donors (Lipinski definition) is 5. The normalized spacial score (nSPS) is 19.9. The molecule has 5 N–H and O–H groups in total. The predicted molar refractivity (Wildman–Crippen MR) is 185 cm³/mol. The first-order chi connectivity index (χ1) is 23.9. The van der Waals surface area contributed by atoms with Crippen molar-refractivity contribution in [3.63, 3.8) is 0 Å². The Morgan fingerprint density at radius 2 is 1.66 bits per heavy atom. The van der Waals surface area contributed by atoms with Crippen LogP contribution in [0.5, 0.6) is 5.75 Å². The summed E-state index contributed by atoms with van der Waals surface area (Å²) >= 11 is 1.32. The van der Waals surface area contributed by atoms with E-state index in [-0.39, 0.29) is 40.2 Å². The second kappa shape index (κ2) is 12.3. The number of hydrogen-bond acceptors (Lipinski definition) is 9. The van der Waals surface area contributed by atoms with Gasteiger partial charge in [0.15, 0.2) is 5.43 Å². The van der Waals surface area contributed by atoms with Crippen LogP contribution in [0.2, 0.25) is 0 Å². The van der Waals surface area contributed by atoms with Crippen LogP contribution in [0.3, 0.4) is 0 Å². The molecular formula is C37H31N3O9S. The standard InChI is InChI=1S/C37H31N3O9S/c1-37(2)31(36(47)48)40-33(44)29(34(40)50-37)39-32(43)28(18-8-4-3-5-9-18)38-17-24-25(42)15-14-23-27(20-10-6-7-11-21(20)35(45)46)22-13-12-19(41)16-26(22)49-30(23)24/h3-16,28-29,31,34,38,42H,17H2,1-2H3,(H,39,43)(H,45,46)(H,47,48). The number of nitrogens with one attached hydrogen (secondary N) is 2. The Hall–Kier alpha value is -5.66. The summed E-state index contributed by atoms with van der Waals surface area (Å²) in [5, 5.41) is 36.9. The number of rotatable bonds is 9. The first-order valence-electron chi connectivity index (χ1n) is 15.7. The molecule has 0 saturated carbocycles. The number of aromatic hydroxyl groups is 1. The minimum atomic E-state index is -1.15. The van der Waals surface area contributed by atoms with E-state index in [1.165, 1.54) is 40.9 Å². The minimum Gasteiger partial charge on any atom is -0.507 e. The molecule has 0 aromatic heterocycles. The van der Waals surface area contributed by atoms with Crippen molar-refractivity contribution in [3.8, 4) is 28.2 Å². The van der Waals surface area contributed by atoms with Gasteiger partial charge in [-0.25, -0.2) is 9.59 Å². The second-order valence-corrected chi connectivity index (χ2v) is 14.5. The molecule has 3 aliphatic heterocycles. The fourth-order valence-electron chi connectivity index (χ4n) is 6.92. The number of aliphatic carboxylic acids is 1. The SMILES string of the molecule is CC1(C)SC2C(NC(=O)C(NCc3c(O)ccc4c(-c5ccccc5C(=O)O)c5ccc(=O)cc-5oc34)c3ccccc3)C(=O)N2C1C(=O)O. The molecule has 3 aromatic carbocycles. The summed E-state index contributed by atoms with van der Waals surface area (Å²) in [6.45, 7) is 3.38. The molecule has 0 bridgehead atoms. The molecule has 4 unspecified atom stereocenters. The van der Waals surface area contributed by atoms with Gasteiger partial charge in [0.2, 0.25) is 11.8 Å². The summed E-state index contributed by atoms with van der Waals surface area (Å²) < 4.78 is 5.49. The highest BCUT2D eigenvalue weighted by atomic mass is 32.2. The summed E-state index contributed by atoms with van der Waals surface area (Å²) in [5.74, 6) is -3.28. The van der Waals surface area contributed by atoms with Crippen molar-refractivity contribution >= 4 is 46.5 Å². The Bertz CT molecular complexity index is 2240. The maximum Gasteiger partial charge on any atom is 0.336 e. The van der Waals surface area contributed by atoms with E-state index in [4.69, 9.17) is 4.42 Å². The van der Waals surface area contributed by atoms with Gasteiger partial charge in [-0.1, -0.05) is 48.5 Å². The molecule has 0 radical (unpaired) electrons. The molecule has 1 aliphatic carbocycles. The lowest BCUT2D eigenvalue weighted by Gasteiger charge is -2.44. The lowest BCUT2D eigenvalue weighted by Crippen LogP contribution is -2.71. The van der Waals surface area contributed by atoms with Crippen molar-refractivity contribution in [2.45, 2.75) is 48.6 Å². The van der Waals surface area contributed by atoms with Crippen molar-refractivity contribution in [1.82, 2.24) is 15.5 Å². The fraction of sp³-hybridized carbons (Fsp3) is 0.216. The quantitative estimate of drug-likeness (QED) is 0.109. The largest absolute Gasteiger partial charge is 0.507 e. The first kappa shape index (κ1) is 32.9. The highest BCUT2D eigenvalue weighted by Crippen LogP contribution is 2.51. The van der Waals surface area contributed by atoms with Gasteiger partial charge in [0, 0.05) is 33.9 Å². The topological polar surface area (TPSA) is 186 Å². The number of phenolic OH excluding ortho intramolecular Hbond substituents is 1. The number of aromatic carboxylic acids is 1. The van der Waals surface area contributed by atoms with Crippen LogP contribution in [0, 0.1) is 0 Å². The number of β-lactam (4-membered cyclic amide) rings is 1. The third-order valence-electron chi connectivity index (χ3n) is 9.22. The summed E-state index contributed by atoms with van der Waals surface area (Å²) in [5.41, 5.74) is 2.04. The third kappa shape index (κ3) is 5.44. The van der Waals surface area contributed by atoms with Crippen LogP contribution in [0.4, 0.5) is 0 Å². The van der Waals surface area contributed by atoms with E-state index in [9.17, 15) is 39.3 Å². The van der Waals surface area contributed by atoms with Crippen LogP contribution < -0.4 is 16.1 Å². The number of thioether (sulfide) groups is 1. The monoisotopic (exact) mass is 693 g/mol. The van der Waals surface area contributed by atoms with Gasteiger partial charge in [-0.2, -0.15) is 0 Å². The molecule has 4 atom stereocenters. The molecule has 3 aromatic rings. The Kier molecular flexibility index (Phi) is 8.11. The third-order valence-corrected chi connectivity index (χ3v) is 10.8. The van der Waals surface area contributed by atoms with Gasteiger partial charge in [0.25, 0.3) is 0 Å². The average Bonchev–Trinajstić information content (AvgIpc) is 3.35. The Morgan fingerprint density at radius 1 is 0.940 bits per heavy atom. The molecule has 12 nitrogen and oxygen atoms in total.